The van der Waals surface area contributed by atoms with E-state index in [1.165, 1.54) is 22.6 Å². The highest BCUT2D eigenvalue weighted by atomic mass is 32.2. The molecule has 4 nitrogen and oxygen atoms in total. The number of anilines is 1. The maximum absolute atomic E-state index is 12.3. The third kappa shape index (κ3) is 3.83. The average Bonchev–Trinajstić information content (AvgIpc) is 3.07. The van der Waals surface area contributed by atoms with Crippen molar-refractivity contribution < 1.29 is 4.79 Å². The van der Waals surface area contributed by atoms with Crippen LogP contribution in [-0.4, -0.2) is 48.0 Å². The zero-order valence-corrected chi connectivity index (χ0v) is 14.0. The Morgan fingerprint density at radius 2 is 2.23 bits per heavy atom. The Kier molecular flexibility index (Phi) is 5.39. The van der Waals surface area contributed by atoms with Crippen LogP contribution in [0.1, 0.15) is 24.0 Å². The van der Waals surface area contributed by atoms with Crippen molar-refractivity contribution in [1.82, 2.24) is 10.2 Å². The molecule has 0 aliphatic carbocycles. The highest BCUT2D eigenvalue weighted by molar-refractivity contribution is 7.99. The van der Waals surface area contributed by atoms with Crippen LogP contribution < -0.4 is 10.6 Å². The fourth-order valence-corrected chi connectivity index (χ4v) is 4.10. The minimum atomic E-state index is -0.0258. The Hall–Kier alpha value is -1.04. The Morgan fingerprint density at radius 3 is 2.95 bits per heavy atom. The first-order valence-electron chi connectivity index (χ1n) is 8.17. The van der Waals surface area contributed by atoms with Gasteiger partial charge in [-0.05, 0) is 43.5 Å². The van der Waals surface area contributed by atoms with Gasteiger partial charge in [-0.3, -0.25) is 9.69 Å². The fourth-order valence-electron chi connectivity index (χ4n) is 3.12. The van der Waals surface area contributed by atoms with E-state index in [9.17, 15) is 4.79 Å². The highest BCUT2D eigenvalue weighted by Gasteiger charge is 2.22. The standard InChI is InChI=1S/C17H25N3OS/c1-13-14(12-20-8-10-22-11-9-20)4-2-5-15(13)19-17(21)16-6-3-7-18-16/h2,4-5,16,18H,3,6-12H2,1H3,(H,19,21). The molecule has 2 aliphatic heterocycles. The van der Waals surface area contributed by atoms with Crippen molar-refractivity contribution in [3.05, 3.63) is 29.3 Å². The highest BCUT2D eigenvalue weighted by Crippen LogP contribution is 2.22. The largest absolute Gasteiger partial charge is 0.324 e. The lowest BCUT2D eigenvalue weighted by atomic mass is 10.1. The third-order valence-corrected chi connectivity index (χ3v) is 5.52. The molecule has 1 atom stereocenters. The van der Waals surface area contributed by atoms with Gasteiger partial charge in [0, 0.05) is 36.8 Å². The molecule has 22 heavy (non-hydrogen) atoms. The van der Waals surface area contributed by atoms with Crippen LogP contribution in [0.15, 0.2) is 18.2 Å². The van der Waals surface area contributed by atoms with Crippen molar-refractivity contribution in [3.63, 3.8) is 0 Å². The van der Waals surface area contributed by atoms with Crippen LogP contribution in [-0.2, 0) is 11.3 Å². The smallest absolute Gasteiger partial charge is 0.241 e. The first-order valence-corrected chi connectivity index (χ1v) is 9.32. The van der Waals surface area contributed by atoms with E-state index in [1.807, 2.05) is 17.8 Å². The number of rotatable bonds is 4. The molecular formula is C17H25N3OS. The van der Waals surface area contributed by atoms with E-state index in [2.05, 4.69) is 34.6 Å². The lowest BCUT2D eigenvalue weighted by molar-refractivity contribution is -0.117. The first-order chi connectivity index (χ1) is 10.7. The number of nitrogens with one attached hydrogen (secondary N) is 2. The van der Waals surface area contributed by atoms with Gasteiger partial charge in [-0.15, -0.1) is 0 Å². The molecular weight excluding hydrogens is 294 g/mol. The Bertz CT molecular complexity index is 523. The fraction of sp³-hybridized carbons (Fsp3) is 0.588. The Morgan fingerprint density at radius 1 is 1.41 bits per heavy atom. The van der Waals surface area contributed by atoms with Gasteiger partial charge in [-0.2, -0.15) is 11.8 Å². The second kappa shape index (κ2) is 7.49. The van der Waals surface area contributed by atoms with E-state index < -0.39 is 0 Å². The van der Waals surface area contributed by atoms with E-state index in [0.717, 1.165) is 44.7 Å². The van der Waals surface area contributed by atoms with Gasteiger partial charge in [0.15, 0.2) is 0 Å². The predicted octanol–water partition coefficient (Wildman–Crippen LogP) is 2.23. The van der Waals surface area contributed by atoms with E-state index in [1.54, 1.807) is 0 Å². The average molecular weight is 319 g/mol. The molecule has 0 bridgehead atoms. The van der Waals surface area contributed by atoms with Crippen molar-refractivity contribution >= 4 is 23.4 Å². The summed E-state index contributed by atoms with van der Waals surface area (Å²) in [5, 5.41) is 6.36. The molecule has 5 heteroatoms. The van der Waals surface area contributed by atoms with Gasteiger partial charge >= 0.3 is 0 Å². The molecule has 2 saturated heterocycles. The van der Waals surface area contributed by atoms with Gasteiger partial charge in [-0.1, -0.05) is 12.1 Å². The second-order valence-corrected chi connectivity index (χ2v) is 7.34. The minimum absolute atomic E-state index is 0.0258. The molecule has 1 aromatic carbocycles. The lowest BCUT2D eigenvalue weighted by Gasteiger charge is -2.27. The van der Waals surface area contributed by atoms with Gasteiger partial charge in [0.2, 0.25) is 5.91 Å². The number of hydrogen-bond donors (Lipinski definition) is 2. The van der Waals surface area contributed by atoms with Crippen molar-refractivity contribution in [1.29, 1.82) is 0 Å². The maximum Gasteiger partial charge on any atom is 0.241 e. The zero-order chi connectivity index (χ0) is 15.4. The van der Waals surface area contributed by atoms with E-state index in [-0.39, 0.29) is 11.9 Å². The Labute approximate surface area is 137 Å². The summed E-state index contributed by atoms with van der Waals surface area (Å²) in [6, 6.07) is 6.22. The van der Waals surface area contributed by atoms with Gasteiger partial charge in [0.25, 0.3) is 0 Å². The van der Waals surface area contributed by atoms with Gasteiger partial charge in [0.05, 0.1) is 6.04 Å². The van der Waals surface area contributed by atoms with E-state index >= 15 is 0 Å². The molecule has 2 N–H and O–H groups in total. The van der Waals surface area contributed by atoms with Crippen molar-refractivity contribution in [2.24, 2.45) is 0 Å². The lowest BCUT2D eigenvalue weighted by Crippen LogP contribution is -2.35. The molecule has 2 heterocycles. The molecule has 120 valence electrons. The van der Waals surface area contributed by atoms with Crippen LogP contribution in [0.4, 0.5) is 5.69 Å². The number of hydrogen-bond acceptors (Lipinski definition) is 4. The molecule has 0 aromatic heterocycles. The van der Waals surface area contributed by atoms with Crippen LogP contribution in [0, 0.1) is 6.92 Å². The van der Waals surface area contributed by atoms with Crippen molar-refractivity contribution in [2.75, 3.05) is 36.5 Å². The summed E-state index contributed by atoms with van der Waals surface area (Å²) in [6.45, 7) is 6.37. The molecule has 0 radical (unpaired) electrons. The monoisotopic (exact) mass is 319 g/mol. The number of carbonyl (C=O) groups is 1. The minimum Gasteiger partial charge on any atom is -0.324 e. The zero-order valence-electron chi connectivity index (χ0n) is 13.2. The van der Waals surface area contributed by atoms with Gasteiger partial charge in [-0.25, -0.2) is 0 Å². The third-order valence-electron chi connectivity index (χ3n) is 4.58. The number of thioether (sulfide) groups is 1. The second-order valence-electron chi connectivity index (χ2n) is 6.12. The Balaban J connectivity index is 1.66. The molecule has 1 amide bonds. The quantitative estimate of drug-likeness (QED) is 0.893. The summed E-state index contributed by atoms with van der Waals surface area (Å²) < 4.78 is 0. The van der Waals surface area contributed by atoms with Crippen LogP contribution in [0.3, 0.4) is 0 Å². The summed E-state index contributed by atoms with van der Waals surface area (Å²) in [4.78, 5) is 14.8. The number of amides is 1. The van der Waals surface area contributed by atoms with Gasteiger partial charge in [0.1, 0.15) is 0 Å². The predicted molar refractivity (Wildman–Crippen MR) is 93.4 cm³/mol. The van der Waals surface area contributed by atoms with Crippen LogP contribution in [0.5, 0.6) is 0 Å². The summed E-state index contributed by atoms with van der Waals surface area (Å²) >= 11 is 2.03. The number of benzene rings is 1. The molecule has 2 aliphatic rings. The summed E-state index contributed by atoms with van der Waals surface area (Å²) in [6.07, 6.45) is 2.03. The maximum atomic E-state index is 12.3. The molecule has 0 saturated carbocycles. The summed E-state index contributed by atoms with van der Waals surface area (Å²) in [5.74, 6) is 2.55. The van der Waals surface area contributed by atoms with E-state index in [0.29, 0.717) is 0 Å². The van der Waals surface area contributed by atoms with Crippen molar-refractivity contribution in [2.45, 2.75) is 32.4 Å². The summed E-state index contributed by atoms with van der Waals surface area (Å²) in [5.41, 5.74) is 3.48. The molecule has 1 unspecified atom stereocenters. The first kappa shape index (κ1) is 15.8. The molecule has 0 spiro atoms. The molecule has 3 rings (SSSR count). The number of carbonyl (C=O) groups excluding carboxylic acids is 1. The van der Waals surface area contributed by atoms with Crippen LogP contribution in [0.25, 0.3) is 0 Å². The van der Waals surface area contributed by atoms with Crippen molar-refractivity contribution in [3.8, 4) is 0 Å². The van der Waals surface area contributed by atoms with Crippen LogP contribution in [0.2, 0.25) is 0 Å². The normalized spacial score (nSPS) is 22.7. The molecule has 2 fully saturated rings. The summed E-state index contributed by atoms with van der Waals surface area (Å²) in [7, 11) is 0. The van der Waals surface area contributed by atoms with E-state index in [4.69, 9.17) is 0 Å². The van der Waals surface area contributed by atoms with Gasteiger partial charge < -0.3 is 10.6 Å². The molecule has 1 aromatic rings. The van der Waals surface area contributed by atoms with Crippen LogP contribution >= 0.6 is 11.8 Å². The topological polar surface area (TPSA) is 44.4 Å². The number of nitrogens with zero attached hydrogens (tertiary/aromatic N) is 1. The SMILES string of the molecule is Cc1c(CN2CCSCC2)cccc1NC(=O)C1CCCN1.